The van der Waals surface area contributed by atoms with Gasteiger partial charge in [0.05, 0.1) is 22.3 Å². The van der Waals surface area contributed by atoms with E-state index in [2.05, 4.69) is 35.2 Å². The maximum absolute atomic E-state index is 12.9. The summed E-state index contributed by atoms with van der Waals surface area (Å²) in [4.78, 5) is 19.6. The fraction of sp³-hybridized carbons (Fsp3) is 0.350. The number of fused-ring (bicyclic) bond motifs is 1. The zero-order chi connectivity index (χ0) is 19.8. The van der Waals surface area contributed by atoms with Crippen molar-refractivity contribution < 1.29 is 0 Å². The fourth-order valence-corrected chi connectivity index (χ4v) is 5.25. The van der Waals surface area contributed by atoms with E-state index in [1.165, 1.54) is 11.5 Å². The van der Waals surface area contributed by atoms with E-state index in [1.807, 2.05) is 18.2 Å². The first-order valence-corrected chi connectivity index (χ1v) is 10.3. The topological polar surface area (TPSA) is 74.0 Å². The van der Waals surface area contributed by atoms with E-state index < -0.39 is 0 Å². The number of benzene rings is 1. The molecule has 8 heteroatoms. The van der Waals surface area contributed by atoms with E-state index in [-0.39, 0.29) is 17.2 Å². The van der Waals surface area contributed by atoms with Gasteiger partial charge in [-0.2, -0.15) is 5.26 Å². The van der Waals surface area contributed by atoms with Gasteiger partial charge in [-0.15, -0.1) is 0 Å². The van der Waals surface area contributed by atoms with Crippen LogP contribution in [0.4, 0.5) is 10.7 Å². The predicted molar refractivity (Wildman–Crippen MR) is 114 cm³/mol. The summed E-state index contributed by atoms with van der Waals surface area (Å²) in [5.74, 6) is 0.333. The molecule has 144 valence electrons. The van der Waals surface area contributed by atoms with Gasteiger partial charge in [0, 0.05) is 18.1 Å². The maximum atomic E-state index is 12.9. The van der Waals surface area contributed by atoms with Crippen molar-refractivity contribution in [2.24, 2.45) is 5.92 Å². The van der Waals surface area contributed by atoms with Gasteiger partial charge < -0.3 is 10.2 Å². The molecule has 0 unspecified atom stereocenters. The maximum Gasteiger partial charge on any atom is 0.281 e. The lowest BCUT2D eigenvalue weighted by atomic mass is 9.94. The Morgan fingerprint density at radius 3 is 2.96 bits per heavy atom. The van der Waals surface area contributed by atoms with Crippen LogP contribution in [-0.2, 0) is 0 Å². The lowest BCUT2D eigenvalue weighted by Crippen LogP contribution is -2.39. The largest absolute Gasteiger partial charge is 0.343 e. The number of hydrogen-bond donors (Lipinski definition) is 1. The average molecular weight is 414 g/mol. The van der Waals surface area contributed by atoms with Gasteiger partial charge in [-0.25, -0.2) is 0 Å². The Hall–Kier alpha value is -2.40. The Morgan fingerprint density at radius 1 is 1.39 bits per heavy atom. The molecule has 4 rings (SSSR count). The van der Waals surface area contributed by atoms with Crippen LogP contribution >= 0.6 is 23.1 Å². The monoisotopic (exact) mass is 413 g/mol. The molecular weight excluding hydrogens is 394 g/mol. The van der Waals surface area contributed by atoms with Crippen LogP contribution < -0.4 is 10.9 Å². The molecule has 0 spiro atoms. The summed E-state index contributed by atoms with van der Waals surface area (Å²) in [5.41, 5.74) is 1.36. The highest BCUT2D eigenvalue weighted by Crippen LogP contribution is 2.36. The summed E-state index contributed by atoms with van der Waals surface area (Å²) < 4.78 is 1.76. The number of hydrogen-bond acceptors (Lipinski definition) is 6. The number of rotatable bonds is 3. The van der Waals surface area contributed by atoms with E-state index in [9.17, 15) is 10.1 Å². The molecule has 28 heavy (non-hydrogen) atoms. The molecule has 3 aromatic rings. The summed E-state index contributed by atoms with van der Waals surface area (Å²) in [7, 11) is 2.09. The number of nitrogens with zero attached hydrogens (tertiary/aromatic N) is 4. The minimum atomic E-state index is -0.231. The van der Waals surface area contributed by atoms with E-state index in [1.54, 1.807) is 16.2 Å². The Kier molecular flexibility index (Phi) is 5.11. The van der Waals surface area contributed by atoms with Gasteiger partial charge in [-0.1, -0.05) is 18.5 Å². The molecule has 1 aromatic carbocycles. The van der Waals surface area contributed by atoms with Gasteiger partial charge in [-0.05, 0) is 61.7 Å². The van der Waals surface area contributed by atoms with Crippen LogP contribution in [0.25, 0.3) is 10.9 Å². The van der Waals surface area contributed by atoms with Gasteiger partial charge in [0.1, 0.15) is 11.1 Å². The molecule has 3 heterocycles. The molecule has 1 N–H and O–H groups in total. The number of halogens is 1. The molecule has 0 radical (unpaired) electrons. The van der Waals surface area contributed by atoms with Crippen molar-refractivity contribution in [2.45, 2.75) is 19.4 Å². The summed E-state index contributed by atoms with van der Waals surface area (Å²) in [6.45, 7) is 4.02. The normalized spacial score (nSPS) is 20.2. The Bertz CT molecular complexity index is 1130. The standard InChI is InChI=1S/C20H20ClN5OS/c1-12-11-25(2)9-7-17(12)26-20(27)14(10-22)19(28-26)24-18-13-4-3-8-23-16(13)6-5-15(18)21/h3-6,8,12,17,24H,7,9,11H2,1-2H3/t12-,17+/m0/s1. The molecule has 1 aliphatic heterocycles. The second-order valence-corrected chi connectivity index (χ2v) is 8.64. The van der Waals surface area contributed by atoms with Crippen LogP contribution in [0.15, 0.2) is 35.3 Å². The van der Waals surface area contributed by atoms with Gasteiger partial charge in [0.15, 0.2) is 5.56 Å². The summed E-state index contributed by atoms with van der Waals surface area (Å²) in [5, 5.41) is 14.8. The van der Waals surface area contributed by atoms with Crippen LogP contribution in [-0.4, -0.2) is 34.0 Å². The fourth-order valence-electron chi connectivity index (χ4n) is 3.85. The van der Waals surface area contributed by atoms with Crippen LogP contribution in [0.1, 0.15) is 24.9 Å². The number of pyridine rings is 1. The van der Waals surface area contributed by atoms with Gasteiger partial charge in [0.25, 0.3) is 5.56 Å². The van der Waals surface area contributed by atoms with Crippen molar-refractivity contribution in [1.82, 2.24) is 13.8 Å². The van der Waals surface area contributed by atoms with E-state index in [4.69, 9.17) is 11.6 Å². The Labute approximate surface area is 172 Å². The number of piperidine rings is 1. The van der Waals surface area contributed by atoms with Crippen molar-refractivity contribution in [1.29, 1.82) is 5.26 Å². The second kappa shape index (κ2) is 7.55. The minimum absolute atomic E-state index is 0.0982. The van der Waals surface area contributed by atoms with Gasteiger partial charge in [0.2, 0.25) is 0 Å². The first-order chi connectivity index (χ1) is 13.5. The third-order valence-corrected chi connectivity index (χ3v) is 6.72. The van der Waals surface area contributed by atoms with Crippen molar-refractivity contribution >= 4 is 44.7 Å². The molecule has 0 amide bonds. The molecule has 0 aliphatic carbocycles. The summed E-state index contributed by atoms with van der Waals surface area (Å²) in [6.07, 6.45) is 2.61. The zero-order valence-electron chi connectivity index (χ0n) is 15.6. The number of anilines is 2. The highest BCUT2D eigenvalue weighted by atomic mass is 35.5. The third-order valence-electron chi connectivity index (χ3n) is 5.28. The Balaban J connectivity index is 1.77. The first kappa shape index (κ1) is 18.9. The van der Waals surface area contributed by atoms with Crippen LogP contribution in [0.2, 0.25) is 5.02 Å². The van der Waals surface area contributed by atoms with Crippen molar-refractivity contribution in [3.63, 3.8) is 0 Å². The zero-order valence-corrected chi connectivity index (χ0v) is 17.2. The van der Waals surface area contributed by atoms with Crippen molar-refractivity contribution in [2.75, 3.05) is 25.5 Å². The molecule has 1 aliphatic rings. The highest BCUT2D eigenvalue weighted by Gasteiger charge is 2.29. The lowest BCUT2D eigenvalue weighted by Gasteiger charge is -2.34. The Morgan fingerprint density at radius 2 is 2.21 bits per heavy atom. The first-order valence-electron chi connectivity index (χ1n) is 9.14. The average Bonchev–Trinajstić information content (AvgIpc) is 2.99. The van der Waals surface area contributed by atoms with Crippen molar-refractivity contribution in [3.8, 4) is 6.07 Å². The van der Waals surface area contributed by atoms with E-state index >= 15 is 0 Å². The van der Waals surface area contributed by atoms with Gasteiger partial charge in [-0.3, -0.25) is 13.7 Å². The quantitative estimate of drug-likeness (QED) is 0.695. The van der Waals surface area contributed by atoms with Gasteiger partial charge >= 0.3 is 0 Å². The molecular formula is C20H20ClN5OS. The number of nitriles is 1. The van der Waals surface area contributed by atoms with E-state index in [0.29, 0.717) is 21.6 Å². The lowest BCUT2D eigenvalue weighted by molar-refractivity contribution is 0.163. The SMILES string of the molecule is C[C@H]1CN(C)CC[C@H]1n1sc(Nc2c(Cl)ccc3ncccc23)c(C#N)c1=O. The van der Waals surface area contributed by atoms with Crippen LogP contribution in [0.5, 0.6) is 0 Å². The molecule has 0 bridgehead atoms. The molecule has 6 nitrogen and oxygen atoms in total. The van der Waals surface area contributed by atoms with E-state index in [0.717, 1.165) is 30.4 Å². The molecule has 0 saturated carbocycles. The van der Waals surface area contributed by atoms with Crippen LogP contribution in [0.3, 0.4) is 0 Å². The van der Waals surface area contributed by atoms with Crippen molar-refractivity contribution in [3.05, 3.63) is 51.4 Å². The highest BCUT2D eigenvalue weighted by molar-refractivity contribution is 7.11. The molecule has 2 aromatic heterocycles. The number of likely N-dealkylation sites (tertiary alicyclic amines) is 1. The summed E-state index contributed by atoms with van der Waals surface area (Å²) in [6, 6.07) is 9.55. The predicted octanol–water partition coefficient (Wildman–Crippen LogP) is 4.24. The molecule has 1 saturated heterocycles. The smallest absolute Gasteiger partial charge is 0.281 e. The number of aromatic nitrogens is 2. The second-order valence-electron chi connectivity index (χ2n) is 7.25. The summed E-state index contributed by atoms with van der Waals surface area (Å²) >= 11 is 7.73. The molecule has 2 atom stereocenters. The third kappa shape index (κ3) is 3.28. The molecule has 1 fully saturated rings. The number of nitrogens with one attached hydrogen (secondary N) is 1. The van der Waals surface area contributed by atoms with Crippen LogP contribution in [0, 0.1) is 17.2 Å². The minimum Gasteiger partial charge on any atom is -0.343 e.